The van der Waals surface area contributed by atoms with Crippen LogP contribution in [0.5, 0.6) is 0 Å². The number of hydrogen-bond acceptors (Lipinski definition) is 10. The second-order valence-corrected chi connectivity index (χ2v) is 15.2. The number of nitrogens with one attached hydrogen (secondary N) is 3. The van der Waals surface area contributed by atoms with Gasteiger partial charge in [0.2, 0.25) is 0 Å². The average molecular weight is 790 g/mol. The van der Waals surface area contributed by atoms with Gasteiger partial charge in [0.1, 0.15) is 56.6 Å². The Morgan fingerprint density at radius 1 is 0.828 bits per heavy atom. The summed E-state index contributed by atoms with van der Waals surface area (Å²) < 4.78 is 35.6. The molecule has 1 amide bonds. The summed E-state index contributed by atoms with van der Waals surface area (Å²) in [6.45, 7) is 5.49. The highest BCUT2D eigenvalue weighted by atomic mass is 19.1. The average Bonchev–Trinajstić information content (AvgIpc) is 3.47. The van der Waals surface area contributed by atoms with Crippen molar-refractivity contribution in [2.24, 2.45) is 14.1 Å². The Balaban J connectivity index is 0.000000176. The third kappa shape index (κ3) is 7.31. The van der Waals surface area contributed by atoms with E-state index in [1.807, 2.05) is 20.8 Å². The highest BCUT2D eigenvalue weighted by Crippen LogP contribution is 2.40. The van der Waals surface area contributed by atoms with E-state index < -0.39 is 17.1 Å². The molecular weight excluding hydrogens is 753 g/mol. The van der Waals surface area contributed by atoms with Crippen molar-refractivity contribution in [1.82, 2.24) is 54.8 Å². The zero-order chi connectivity index (χ0) is 41.1. The molecule has 2 aromatic carbocycles. The van der Waals surface area contributed by atoms with Crippen LogP contribution in [-0.2, 0) is 23.6 Å². The number of rotatable bonds is 8. The highest BCUT2D eigenvalue weighted by molar-refractivity contribution is 6.05. The van der Waals surface area contributed by atoms with Gasteiger partial charge in [-0.1, -0.05) is 0 Å². The lowest BCUT2D eigenvalue weighted by molar-refractivity contribution is -0.155. The Morgan fingerprint density at radius 2 is 1.33 bits per heavy atom. The number of carboxylic acid groups (broad SMARTS) is 1. The molecule has 1 aliphatic rings. The first kappa shape index (κ1) is 37.8. The standard InChI is InChI=1S/C25H27FN6O3.C15H10FN5O2/c1-24(2,3)35-19(33)7-8-25(9-10-25)30-23(34)16-12-27-22-21(16)29-17(13-28-22)20-15-6-5-14(26)11-18(15)32(4)31-20;1-21-11-4-7(16)2-3-8(11)12(20-21)10-6-18-14-13(19-10)9(5-17-14)15(22)23/h5-6,11-13H,7-10H2,1-4H3,(H,27,28)(H,30,34);2-6H,1H3,(H,17,18)(H,22,23). The maximum absolute atomic E-state index is 13.7. The fourth-order valence-electron chi connectivity index (χ4n) is 6.82. The zero-order valence-electron chi connectivity index (χ0n) is 32.0. The number of fused-ring (bicyclic) bond motifs is 4. The third-order valence-electron chi connectivity index (χ3n) is 9.81. The number of carboxylic acids is 1. The minimum absolute atomic E-state index is 0.0423. The van der Waals surface area contributed by atoms with E-state index in [2.05, 4.69) is 45.4 Å². The third-order valence-corrected chi connectivity index (χ3v) is 9.81. The summed E-state index contributed by atoms with van der Waals surface area (Å²) in [6, 6.07) is 8.80. The minimum atomic E-state index is -1.09. The Labute approximate surface area is 327 Å². The summed E-state index contributed by atoms with van der Waals surface area (Å²) >= 11 is 0. The fraction of sp³-hybridized carbons (Fsp3) is 0.275. The lowest BCUT2D eigenvalue weighted by Crippen LogP contribution is -2.37. The number of aromatic amines is 2. The maximum Gasteiger partial charge on any atom is 0.339 e. The number of halogens is 2. The van der Waals surface area contributed by atoms with Crippen LogP contribution < -0.4 is 5.32 Å². The van der Waals surface area contributed by atoms with Crippen molar-refractivity contribution in [3.8, 4) is 22.8 Å². The number of carbonyl (C=O) groups is 3. The first-order valence-corrected chi connectivity index (χ1v) is 18.3. The van der Waals surface area contributed by atoms with Crippen LogP contribution in [-0.4, -0.2) is 83.6 Å². The highest BCUT2D eigenvalue weighted by Gasteiger charge is 2.44. The fourth-order valence-corrected chi connectivity index (χ4v) is 6.82. The first-order valence-electron chi connectivity index (χ1n) is 18.3. The summed E-state index contributed by atoms with van der Waals surface area (Å²) in [5, 5.41) is 22.6. The first-order chi connectivity index (χ1) is 27.6. The van der Waals surface area contributed by atoms with Gasteiger partial charge in [0.15, 0.2) is 11.3 Å². The van der Waals surface area contributed by atoms with Crippen molar-refractivity contribution in [2.45, 2.75) is 57.6 Å². The molecule has 0 radical (unpaired) electrons. The molecule has 0 spiro atoms. The topological polar surface area (TPSA) is 211 Å². The van der Waals surface area contributed by atoms with E-state index in [9.17, 15) is 28.3 Å². The molecule has 0 atom stereocenters. The van der Waals surface area contributed by atoms with Gasteiger partial charge in [-0.05, 0) is 76.4 Å². The molecule has 18 heteroatoms. The van der Waals surface area contributed by atoms with E-state index in [-0.39, 0.29) is 41.0 Å². The summed E-state index contributed by atoms with van der Waals surface area (Å²) in [7, 11) is 3.44. The predicted molar refractivity (Wildman–Crippen MR) is 209 cm³/mol. The van der Waals surface area contributed by atoms with Crippen LogP contribution in [0, 0.1) is 11.6 Å². The zero-order valence-corrected chi connectivity index (χ0v) is 32.0. The Kier molecular flexibility index (Phi) is 9.20. The number of aryl methyl sites for hydroxylation is 2. The molecule has 0 bridgehead atoms. The predicted octanol–water partition coefficient (Wildman–Crippen LogP) is 6.38. The largest absolute Gasteiger partial charge is 0.478 e. The van der Waals surface area contributed by atoms with Gasteiger partial charge in [-0.15, -0.1) is 0 Å². The molecule has 0 unspecified atom stereocenters. The number of H-pyrrole nitrogens is 2. The summed E-state index contributed by atoms with van der Waals surface area (Å²) in [6.07, 6.45) is 8.38. The Bertz CT molecular complexity index is 2940. The normalized spacial score (nSPS) is 13.5. The van der Waals surface area contributed by atoms with Crippen LogP contribution in [0.15, 0.2) is 61.2 Å². The number of amides is 1. The van der Waals surface area contributed by atoms with E-state index in [1.165, 1.54) is 36.7 Å². The lowest BCUT2D eigenvalue weighted by Gasteiger charge is -2.21. The molecule has 1 saturated carbocycles. The van der Waals surface area contributed by atoms with Gasteiger partial charge in [0.25, 0.3) is 5.91 Å². The number of ether oxygens (including phenoxy) is 1. The molecule has 0 saturated heterocycles. The molecule has 4 N–H and O–H groups in total. The van der Waals surface area contributed by atoms with E-state index >= 15 is 0 Å². The van der Waals surface area contributed by atoms with Crippen LogP contribution >= 0.6 is 0 Å². The SMILES string of the molecule is Cn1nc(-c2cnc3[nH]cc(C(=O)NC4(CCC(=O)OC(C)(C)C)CC4)c3n2)c2ccc(F)cc21.Cn1nc(-c2cnc3[nH]cc(C(=O)O)c3n2)c2ccc(F)cc21. The van der Waals surface area contributed by atoms with Crippen molar-refractivity contribution < 1.29 is 33.0 Å². The molecule has 8 aromatic rings. The van der Waals surface area contributed by atoms with E-state index in [0.29, 0.717) is 62.6 Å². The summed E-state index contributed by atoms with van der Waals surface area (Å²) in [4.78, 5) is 59.9. The van der Waals surface area contributed by atoms with Crippen molar-refractivity contribution >= 4 is 62.0 Å². The number of esters is 1. The van der Waals surface area contributed by atoms with Crippen LogP contribution in [0.3, 0.4) is 0 Å². The van der Waals surface area contributed by atoms with Gasteiger partial charge in [-0.25, -0.2) is 33.5 Å². The van der Waals surface area contributed by atoms with E-state index in [4.69, 9.17) is 4.74 Å². The Hall–Kier alpha value is -7.11. The van der Waals surface area contributed by atoms with Gasteiger partial charge >= 0.3 is 11.9 Å². The molecule has 296 valence electrons. The second-order valence-electron chi connectivity index (χ2n) is 15.2. The van der Waals surface area contributed by atoms with Gasteiger partial charge in [-0.3, -0.25) is 19.0 Å². The molecule has 9 rings (SSSR count). The van der Waals surface area contributed by atoms with Crippen LogP contribution in [0.1, 0.15) is 67.2 Å². The minimum Gasteiger partial charge on any atom is -0.478 e. The van der Waals surface area contributed by atoms with Crippen molar-refractivity contribution in [3.63, 3.8) is 0 Å². The molecule has 6 aromatic heterocycles. The second kappa shape index (κ2) is 14.1. The Morgan fingerprint density at radius 3 is 1.81 bits per heavy atom. The van der Waals surface area contributed by atoms with Gasteiger partial charge in [-0.2, -0.15) is 10.2 Å². The summed E-state index contributed by atoms with van der Waals surface area (Å²) in [5.74, 6) is -2.35. The number of benzene rings is 2. The van der Waals surface area contributed by atoms with Crippen LogP contribution in [0.25, 0.3) is 66.9 Å². The van der Waals surface area contributed by atoms with Gasteiger partial charge in [0.05, 0.1) is 29.0 Å². The summed E-state index contributed by atoms with van der Waals surface area (Å²) in [5.41, 5.74) is 4.24. The van der Waals surface area contributed by atoms with Crippen molar-refractivity contribution in [2.75, 3.05) is 0 Å². The van der Waals surface area contributed by atoms with E-state index in [0.717, 1.165) is 23.6 Å². The molecule has 6 heterocycles. The van der Waals surface area contributed by atoms with Gasteiger partial charge in [0, 0.05) is 49.2 Å². The number of aromatic carboxylic acids is 1. The van der Waals surface area contributed by atoms with Crippen molar-refractivity contribution in [3.05, 3.63) is 83.9 Å². The monoisotopic (exact) mass is 789 g/mol. The smallest absolute Gasteiger partial charge is 0.339 e. The molecule has 1 aliphatic carbocycles. The molecule has 16 nitrogen and oxygen atoms in total. The number of aromatic nitrogens is 10. The van der Waals surface area contributed by atoms with Gasteiger partial charge < -0.3 is 25.1 Å². The molecule has 58 heavy (non-hydrogen) atoms. The molecule has 0 aliphatic heterocycles. The molecular formula is C40H37F2N11O5. The molecule has 1 fully saturated rings. The lowest BCUT2D eigenvalue weighted by atomic mass is 10.1. The number of carbonyl (C=O) groups excluding carboxylic acids is 2. The maximum atomic E-state index is 13.7. The van der Waals surface area contributed by atoms with E-state index in [1.54, 1.807) is 48.0 Å². The van der Waals surface area contributed by atoms with Crippen molar-refractivity contribution in [1.29, 1.82) is 0 Å². The number of nitrogens with zero attached hydrogens (tertiary/aromatic N) is 8. The van der Waals surface area contributed by atoms with Crippen LogP contribution in [0.2, 0.25) is 0 Å². The number of hydrogen-bond donors (Lipinski definition) is 4. The quantitative estimate of drug-likeness (QED) is 0.124. The van der Waals surface area contributed by atoms with Crippen LogP contribution in [0.4, 0.5) is 8.78 Å².